The van der Waals surface area contributed by atoms with E-state index in [-0.39, 0.29) is 5.56 Å². The molecule has 0 aromatic heterocycles. The van der Waals surface area contributed by atoms with Crippen molar-refractivity contribution in [2.24, 2.45) is 0 Å². The third-order valence-corrected chi connectivity index (χ3v) is 1.69. The Morgan fingerprint density at radius 1 is 1.54 bits per heavy atom. The summed E-state index contributed by atoms with van der Waals surface area (Å²) in [6.07, 6.45) is 0.377. The molecule has 0 aliphatic carbocycles. The average molecular weight is 181 g/mol. The SMILES string of the molecule is Cc1ccc(C=O)c(O)c1[N+](=O)[O-]. The van der Waals surface area contributed by atoms with Crippen LogP contribution in [0.25, 0.3) is 0 Å². The van der Waals surface area contributed by atoms with E-state index in [1.165, 1.54) is 19.1 Å². The number of nitro groups is 1. The van der Waals surface area contributed by atoms with Crippen molar-refractivity contribution in [2.75, 3.05) is 0 Å². The standard InChI is InChI=1S/C8H7NO4/c1-5-2-3-6(4-10)8(11)7(5)9(12)13/h2-4,11H,1H3. The topological polar surface area (TPSA) is 80.4 Å². The Balaban J connectivity index is 3.47. The lowest BCUT2D eigenvalue weighted by atomic mass is 10.1. The third-order valence-electron chi connectivity index (χ3n) is 1.69. The van der Waals surface area contributed by atoms with E-state index in [9.17, 15) is 20.0 Å². The van der Waals surface area contributed by atoms with Gasteiger partial charge in [-0.3, -0.25) is 14.9 Å². The number of aldehydes is 1. The highest BCUT2D eigenvalue weighted by atomic mass is 16.6. The van der Waals surface area contributed by atoms with E-state index in [1.54, 1.807) is 0 Å². The monoisotopic (exact) mass is 181 g/mol. The number of hydrogen-bond donors (Lipinski definition) is 1. The summed E-state index contributed by atoms with van der Waals surface area (Å²) in [5.74, 6) is -0.569. The van der Waals surface area contributed by atoms with Crippen molar-refractivity contribution in [2.45, 2.75) is 6.92 Å². The normalized spacial score (nSPS) is 9.62. The van der Waals surface area contributed by atoms with Crippen molar-refractivity contribution < 1.29 is 14.8 Å². The number of carbonyl (C=O) groups excluding carboxylic acids is 1. The first-order chi connectivity index (χ1) is 6.07. The highest BCUT2D eigenvalue weighted by molar-refractivity contribution is 5.82. The van der Waals surface area contributed by atoms with Crippen LogP contribution in [0.5, 0.6) is 5.75 Å². The summed E-state index contributed by atoms with van der Waals surface area (Å²) >= 11 is 0. The van der Waals surface area contributed by atoms with Gasteiger partial charge in [0.1, 0.15) is 0 Å². The lowest BCUT2D eigenvalue weighted by Crippen LogP contribution is -1.94. The number of phenols is 1. The van der Waals surface area contributed by atoms with Crippen LogP contribution in [0.1, 0.15) is 15.9 Å². The van der Waals surface area contributed by atoms with Gasteiger partial charge in [0.25, 0.3) is 0 Å². The van der Waals surface area contributed by atoms with Gasteiger partial charge in [-0.1, -0.05) is 6.07 Å². The molecule has 0 aliphatic rings. The van der Waals surface area contributed by atoms with Gasteiger partial charge in [-0.2, -0.15) is 0 Å². The second kappa shape index (κ2) is 3.22. The highest BCUT2D eigenvalue weighted by Gasteiger charge is 2.19. The van der Waals surface area contributed by atoms with Crippen molar-refractivity contribution in [1.82, 2.24) is 0 Å². The fourth-order valence-electron chi connectivity index (χ4n) is 1.02. The molecule has 68 valence electrons. The number of rotatable bonds is 2. The third kappa shape index (κ3) is 1.48. The average Bonchev–Trinajstić information content (AvgIpc) is 2.04. The molecule has 1 N–H and O–H groups in total. The summed E-state index contributed by atoms with van der Waals surface area (Å²) in [4.78, 5) is 20.1. The summed E-state index contributed by atoms with van der Waals surface area (Å²) in [6, 6.07) is 2.76. The molecule has 1 rings (SSSR count). The molecule has 5 nitrogen and oxygen atoms in total. The first-order valence-corrected chi connectivity index (χ1v) is 3.50. The van der Waals surface area contributed by atoms with E-state index in [0.717, 1.165) is 0 Å². The molecule has 5 heteroatoms. The summed E-state index contributed by atoms with van der Waals surface area (Å²) in [5.41, 5.74) is -0.157. The number of hydrogen-bond acceptors (Lipinski definition) is 4. The first-order valence-electron chi connectivity index (χ1n) is 3.50. The van der Waals surface area contributed by atoms with Gasteiger partial charge in [-0.05, 0) is 13.0 Å². The predicted octanol–water partition coefficient (Wildman–Crippen LogP) is 1.42. The van der Waals surface area contributed by atoms with E-state index >= 15 is 0 Å². The molecule has 0 saturated heterocycles. The van der Waals surface area contributed by atoms with Crippen LogP contribution in [0.15, 0.2) is 12.1 Å². The number of phenolic OH excluding ortho intramolecular Hbond substituents is 1. The van der Waals surface area contributed by atoms with Gasteiger partial charge < -0.3 is 5.11 Å². The van der Waals surface area contributed by atoms with E-state index in [1.807, 2.05) is 0 Å². The maximum atomic E-state index is 10.4. The van der Waals surface area contributed by atoms with Gasteiger partial charge in [-0.25, -0.2) is 0 Å². The van der Waals surface area contributed by atoms with Crippen LogP contribution < -0.4 is 0 Å². The molecule has 13 heavy (non-hydrogen) atoms. The van der Waals surface area contributed by atoms with Gasteiger partial charge in [0.05, 0.1) is 10.5 Å². The summed E-state index contributed by atoms with van der Waals surface area (Å²) in [5, 5.41) is 19.7. The van der Waals surface area contributed by atoms with Gasteiger partial charge >= 0.3 is 5.69 Å². The second-order valence-electron chi connectivity index (χ2n) is 2.54. The van der Waals surface area contributed by atoms with Crippen LogP contribution >= 0.6 is 0 Å². The van der Waals surface area contributed by atoms with E-state index in [0.29, 0.717) is 11.8 Å². The lowest BCUT2D eigenvalue weighted by molar-refractivity contribution is -0.386. The zero-order valence-electron chi connectivity index (χ0n) is 6.85. The Labute approximate surface area is 73.8 Å². The minimum atomic E-state index is -0.711. The summed E-state index contributed by atoms with van der Waals surface area (Å²) < 4.78 is 0. The van der Waals surface area contributed by atoms with Crippen LogP contribution in [-0.4, -0.2) is 16.3 Å². The molecular weight excluding hydrogens is 174 g/mol. The zero-order chi connectivity index (χ0) is 10.0. The maximum Gasteiger partial charge on any atom is 0.314 e. The molecule has 0 fully saturated rings. The van der Waals surface area contributed by atoms with Gasteiger partial charge in [0, 0.05) is 5.56 Å². The quantitative estimate of drug-likeness (QED) is 0.425. The van der Waals surface area contributed by atoms with Gasteiger partial charge in [-0.15, -0.1) is 0 Å². The van der Waals surface area contributed by atoms with E-state index < -0.39 is 16.4 Å². The van der Waals surface area contributed by atoms with Crippen LogP contribution in [0.2, 0.25) is 0 Å². The Morgan fingerprint density at radius 2 is 2.15 bits per heavy atom. The minimum Gasteiger partial charge on any atom is -0.502 e. The van der Waals surface area contributed by atoms with Crippen molar-refractivity contribution in [1.29, 1.82) is 0 Å². The molecule has 0 bridgehead atoms. The molecular formula is C8H7NO4. The molecule has 0 heterocycles. The molecule has 1 aromatic carbocycles. The van der Waals surface area contributed by atoms with Crippen molar-refractivity contribution in [3.63, 3.8) is 0 Å². The van der Waals surface area contributed by atoms with Crippen LogP contribution in [0.4, 0.5) is 5.69 Å². The summed E-state index contributed by atoms with van der Waals surface area (Å²) in [7, 11) is 0. The molecule has 0 radical (unpaired) electrons. The molecule has 0 unspecified atom stereocenters. The Bertz CT molecular complexity index is 373. The molecule has 0 amide bonds. The maximum absolute atomic E-state index is 10.4. The van der Waals surface area contributed by atoms with Crippen molar-refractivity contribution >= 4 is 12.0 Å². The molecule has 0 atom stereocenters. The fourth-order valence-corrected chi connectivity index (χ4v) is 1.02. The van der Waals surface area contributed by atoms with Crippen LogP contribution in [-0.2, 0) is 0 Å². The number of carbonyl (C=O) groups is 1. The van der Waals surface area contributed by atoms with Gasteiger partial charge in [0.15, 0.2) is 6.29 Å². The van der Waals surface area contributed by atoms with Crippen molar-refractivity contribution in [3.8, 4) is 5.75 Å². The number of aryl methyl sites for hydroxylation is 1. The second-order valence-corrected chi connectivity index (χ2v) is 2.54. The summed E-state index contributed by atoms with van der Waals surface area (Å²) in [6.45, 7) is 1.49. The predicted molar refractivity (Wildman–Crippen MR) is 44.9 cm³/mol. The Hall–Kier alpha value is -1.91. The molecule has 0 spiro atoms. The zero-order valence-corrected chi connectivity index (χ0v) is 6.85. The highest BCUT2D eigenvalue weighted by Crippen LogP contribution is 2.31. The smallest absolute Gasteiger partial charge is 0.314 e. The Kier molecular flexibility index (Phi) is 2.27. The van der Waals surface area contributed by atoms with E-state index in [4.69, 9.17) is 0 Å². The van der Waals surface area contributed by atoms with Crippen molar-refractivity contribution in [3.05, 3.63) is 33.4 Å². The number of nitrogens with zero attached hydrogens (tertiary/aromatic N) is 1. The van der Waals surface area contributed by atoms with E-state index in [2.05, 4.69) is 0 Å². The number of aromatic hydroxyl groups is 1. The van der Waals surface area contributed by atoms with Crippen LogP contribution in [0.3, 0.4) is 0 Å². The first kappa shape index (κ1) is 9.18. The lowest BCUT2D eigenvalue weighted by Gasteiger charge is -2.00. The molecule has 0 saturated carbocycles. The Morgan fingerprint density at radius 3 is 2.62 bits per heavy atom. The fraction of sp³-hybridized carbons (Fsp3) is 0.125. The number of nitro benzene ring substituents is 1. The molecule has 0 aliphatic heterocycles. The number of benzene rings is 1. The van der Waals surface area contributed by atoms with Crippen LogP contribution in [0, 0.1) is 17.0 Å². The molecule has 1 aromatic rings. The van der Waals surface area contributed by atoms with Gasteiger partial charge in [0.2, 0.25) is 5.75 Å². The largest absolute Gasteiger partial charge is 0.502 e. The minimum absolute atomic E-state index is 0.0719.